The number of benzene rings is 5. The lowest BCUT2D eigenvalue weighted by atomic mass is 10.0. The minimum atomic E-state index is -4.25. The Labute approximate surface area is 280 Å². The van der Waals surface area contributed by atoms with Gasteiger partial charge in [0.25, 0.3) is 10.1 Å². The number of anilines is 5. The van der Waals surface area contributed by atoms with Crippen molar-refractivity contribution in [3.8, 4) is 22.6 Å². The second-order valence-electron chi connectivity index (χ2n) is 11.0. The van der Waals surface area contributed by atoms with Crippen LogP contribution >= 0.6 is 11.8 Å². The van der Waals surface area contributed by atoms with Gasteiger partial charge in [-0.05, 0) is 97.8 Å². The SMILES string of the molecule is C/C=C/C(CCN1c2ccccc2Sc2cccc(-c3ccc(N(c4ccc(OC)cc4)c4ccc(OC)cc4)cc3)c21)S(=O)(=O)O. The Bertz CT molecular complexity index is 1930. The molecule has 0 aromatic heterocycles. The van der Waals surface area contributed by atoms with Gasteiger partial charge in [-0.2, -0.15) is 8.42 Å². The van der Waals surface area contributed by atoms with Gasteiger partial charge in [-0.25, -0.2) is 0 Å². The molecule has 0 saturated carbocycles. The van der Waals surface area contributed by atoms with Crippen molar-refractivity contribution in [2.24, 2.45) is 0 Å². The smallest absolute Gasteiger partial charge is 0.271 e. The van der Waals surface area contributed by atoms with Gasteiger partial charge >= 0.3 is 0 Å². The van der Waals surface area contributed by atoms with Gasteiger partial charge in [-0.1, -0.05) is 60.3 Å². The highest BCUT2D eigenvalue weighted by atomic mass is 32.2. The Morgan fingerprint density at radius 3 is 1.87 bits per heavy atom. The number of hydrogen-bond acceptors (Lipinski definition) is 7. The molecular weight excluding hydrogens is 629 g/mol. The summed E-state index contributed by atoms with van der Waals surface area (Å²) in [6, 6.07) is 38.8. The van der Waals surface area contributed by atoms with Crippen LogP contribution in [0, 0.1) is 0 Å². The predicted molar refractivity (Wildman–Crippen MR) is 192 cm³/mol. The monoisotopic (exact) mass is 664 g/mol. The first kappa shape index (κ1) is 32.2. The van der Waals surface area contributed by atoms with Gasteiger partial charge in [0.2, 0.25) is 0 Å². The number of methoxy groups -OCH3 is 2. The largest absolute Gasteiger partial charge is 0.497 e. The highest BCUT2D eigenvalue weighted by Gasteiger charge is 2.28. The molecule has 0 spiro atoms. The van der Waals surface area contributed by atoms with E-state index in [1.165, 1.54) is 0 Å². The van der Waals surface area contributed by atoms with E-state index in [2.05, 4.69) is 64.4 Å². The van der Waals surface area contributed by atoms with E-state index in [9.17, 15) is 13.0 Å². The number of fused-ring (bicyclic) bond motifs is 2. The van der Waals surface area contributed by atoms with E-state index in [0.717, 1.165) is 60.9 Å². The molecule has 240 valence electrons. The lowest BCUT2D eigenvalue weighted by Crippen LogP contribution is -2.28. The number of rotatable bonds is 11. The minimum Gasteiger partial charge on any atom is -0.497 e. The molecule has 1 N–H and O–H groups in total. The van der Waals surface area contributed by atoms with E-state index in [0.29, 0.717) is 6.54 Å². The molecule has 0 saturated heterocycles. The van der Waals surface area contributed by atoms with Crippen LogP contribution in [0.4, 0.5) is 28.4 Å². The fraction of sp³-hybridized carbons (Fsp3) is 0.158. The molecule has 0 bridgehead atoms. The maximum absolute atomic E-state index is 12.2. The average Bonchev–Trinajstić information content (AvgIpc) is 3.10. The fourth-order valence-electron chi connectivity index (χ4n) is 5.87. The standard InChI is InChI=1S/C38H36N2O5S2/c1-4-8-33(47(41,42)43)25-26-39-35-10-5-6-11-36(35)46-37-12-7-9-34(38(37)39)27-13-15-28(16-14-27)40(29-17-21-31(44-2)22-18-29)30-19-23-32(45-3)24-20-30/h4-24,33H,25-26H2,1-3H3,(H,41,42,43)/b8-4+. The van der Waals surface area contributed by atoms with Crippen molar-refractivity contribution in [2.75, 3.05) is 30.6 Å². The Morgan fingerprint density at radius 2 is 1.32 bits per heavy atom. The zero-order valence-electron chi connectivity index (χ0n) is 26.4. The summed E-state index contributed by atoms with van der Waals surface area (Å²) in [5, 5.41) is -0.994. The van der Waals surface area contributed by atoms with E-state index in [1.807, 2.05) is 60.7 Å². The van der Waals surface area contributed by atoms with Crippen LogP contribution in [0.15, 0.2) is 137 Å². The van der Waals surface area contributed by atoms with E-state index >= 15 is 0 Å². The summed E-state index contributed by atoms with van der Waals surface area (Å²) in [6.07, 6.45) is 3.44. The number of para-hydroxylation sites is 2. The van der Waals surface area contributed by atoms with Gasteiger partial charge in [0.15, 0.2) is 0 Å². The van der Waals surface area contributed by atoms with Gasteiger partial charge in [0.05, 0.1) is 25.6 Å². The summed E-state index contributed by atoms with van der Waals surface area (Å²) in [5.74, 6) is 1.57. The van der Waals surface area contributed by atoms with E-state index in [-0.39, 0.29) is 6.42 Å². The molecule has 5 aromatic carbocycles. The highest BCUT2D eigenvalue weighted by molar-refractivity contribution is 7.99. The molecule has 6 rings (SSSR count). The lowest BCUT2D eigenvalue weighted by Gasteiger charge is -2.35. The normalized spacial score (nSPS) is 13.1. The first-order chi connectivity index (χ1) is 22.8. The Balaban J connectivity index is 1.40. The molecule has 1 heterocycles. The molecule has 0 aliphatic carbocycles. The maximum Gasteiger partial charge on any atom is 0.271 e. The molecule has 1 unspecified atom stereocenters. The molecule has 9 heteroatoms. The van der Waals surface area contributed by atoms with Gasteiger partial charge in [0.1, 0.15) is 16.7 Å². The van der Waals surface area contributed by atoms with Crippen LogP contribution in [-0.4, -0.2) is 39.0 Å². The molecule has 1 aliphatic heterocycles. The molecule has 5 aromatic rings. The number of allylic oxidation sites excluding steroid dienone is 1. The van der Waals surface area contributed by atoms with Crippen molar-refractivity contribution in [1.82, 2.24) is 0 Å². The average molecular weight is 665 g/mol. The fourth-order valence-corrected chi connectivity index (χ4v) is 7.76. The van der Waals surface area contributed by atoms with E-state index < -0.39 is 15.4 Å². The molecule has 7 nitrogen and oxygen atoms in total. The number of hydrogen-bond donors (Lipinski definition) is 1. The van der Waals surface area contributed by atoms with Gasteiger partial charge in [-0.15, -0.1) is 0 Å². The first-order valence-corrected chi connectivity index (χ1v) is 17.6. The molecule has 0 amide bonds. The van der Waals surface area contributed by atoms with Crippen molar-refractivity contribution in [2.45, 2.75) is 28.4 Å². The predicted octanol–water partition coefficient (Wildman–Crippen LogP) is 9.67. The van der Waals surface area contributed by atoms with Crippen molar-refractivity contribution in [3.05, 3.63) is 127 Å². The molecule has 0 radical (unpaired) electrons. The van der Waals surface area contributed by atoms with Crippen molar-refractivity contribution >= 4 is 50.3 Å². The summed E-state index contributed by atoms with van der Waals surface area (Å²) >= 11 is 1.70. The number of ether oxygens (including phenoxy) is 2. The van der Waals surface area contributed by atoms with E-state index in [4.69, 9.17) is 9.47 Å². The van der Waals surface area contributed by atoms with Crippen LogP contribution in [0.5, 0.6) is 11.5 Å². The summed E-state index contributed by atoms with van der Waals surface area (Å²) < 4.78 is 45.1. The molecule has 1 aliphatic rings. The van der Waals surface area contributed by atoms with Crippen molar-refractivity contribution < 1.29 is 22.4 Å². The second-order valence-corrected chi connectivity index (χ2v) is 13.7. The molecule has 0 fully saturated rings. The number of nitrogens with zero attached hydrogens (tertiary/aromatic N) is 2. The Hall–Kier alpha value is -4.70. The highest BCUT2D eigenvalue weighted by Crippen LogP contribution is 2.52. The summed E-state index contributed by atoms with van der Waals surface area (Å²) in [4.78, 5) is 6.54. The summed E-state index contributed by atoms with van der Waals surface area (Å²) in [5.41, 5.74) is 7.03. The van der Waals surface area contributed by atoms with Crippen LogP contribution < -0.4 is 19.3 Å². The lowest BCUT2D eigenvalue weighted by molar-refractivity contribution is 0.415. The molecular formula is C38H36N2O5S2. The second kappa shape index (κ2) is 14.0. The topological polar surface area (TPSA) is 79.3 Å². The molecule has 47 heavy (non-hydrogen) atoms. The molecule has 1 atom stereocenters. The van der Waals surface area contributed by atoms with Gasteiger partial charge < -0.3 is 19.3 Å². The van der Waals surface area contributed by atoms with Crippen LogP contribution in [0.3, 0.4) is 0 Å². The van der Waals surface area contributed by atoms with Crippen molar-refractivity contribution in [1.29, 1.82) is 0 Å². The third-order valence-electron chi connectivity index (χ3n) is 8.17. The maximum atomic E-state index is 12.2. The van der Waals surface area contributed by atoms with Gasteiger partial charge in [0, 0.05) is 39.0 Å². The summed E-state index contributed by atoms with van der Waals surface area (Å²) in [6.45, 7) is 2.16. The first-order valence-electron chi connectivity index (χ1n) is 15.3. The van der Waals surface area contributed by atoms with E-state index in [1.54, 1.807) is 45.1 Å². The third kappa shape index (κ3) is 6.88. The summed E-state index contributed by atoms with van der Waals surface area (Å²) in [7, 11) is -0.934. The van der Waals surface area contributed by atoms with Crippen molar-refractivity contribution in [3.63, 3.8) is 0 Å². The third-order valence-corrected chi connectivity index (χ3v) is 10.4. The van der Waals surface area contributed by atoms with Crippen LogP contribution in [0.2, 0.25) is 0 Å². The Kier molecular flexibility index (Phi) is 9.58. The van der Waals surface area contributed by atoms with Gasteiger partial charge in [-0.3, -0.25) is 4.55 Å². The zero-order chi connectivity index (χ0) is 33.0. The minimum absolute atomic E-state index is 0.230. The van der Waals surface area contributed by atoms with Crippen LogP contribution in [-0.2, 0) is 10.1 Å². The Morgan fingerprint density at radius 1 is 0.766 bits per heavy atom. The van der Waals surface area contributed by atoms with Crippen LogP contribution in [0.25, 0.3) is 11.1 Å². The van der Waals surface area contributed by atoms with Crippen LogP contribution in [0.1, 0.15) is 13.3 Å². The quantitative estimate of drug-likeness (QED) is 0.110. The zero-order valence-corrected chi connectivity index (χ0v) is 28.0.